The van der Waals surface area contributed by atoms with Crippen molar-refractivity contribution in [2.45, 2.75) is 97.5 Å². The van der Waals surface area contributed by atoms with Crippen LogP contribution in [0.5, 0.6) is 0 Å². The van der Waals surface area contributed by atoms with E-state index < -0.39 is 53.0 Å². The highest BCUT2D eigenvalue weighted by Crippen LogP contribution is 2.29. The molecule has 1 fully saturated rings. The molecule has 1 aliphatic heterocycles. The molecule has 1 aromatic carbocycles. The Morgan fingerprint density at radius 2 is 1.65 bits per heavy atom. The number of ether oxygens (including phenoxy) is 1. The molecule has 1 aliphatic rings. The summed E-state index contributed by atoms with van der Waals surface area (Å²) in [7, 11) is 4.66. The first-order valence-corrected chi connectivity index (χ1v) is 14.9. The van der Waals surface area contributed by atoms with Gasteiger partial charge in [-0.15, -0.1) is 0 Å². The van der Waals surface area contributed by atoms with Gasteiger partial charge in [-0.3, -0.25) is 14.4 Å². The fourth-order valence-electron chi connectivity index (χ4n) is 5.78. The molecular weight excluding hydrogens is 548 g/mol. The summed E-state index contributed by atoms with van der Waals surface area (Å²) in [5.74, 6) is -1.63. The lowest BCUT2D eigenvalue weighted by Crippen LogP contribution is -2.61. The summed E-state index contributed by atoms with van der Waals surface area (Å²) < 4.78 is 4.84. The lowest BCUT2D eigenvalue weighted by Gasteiger charge is -2.40. The molecule has 10 heteroatoms. The summed E-state index contributed by atoms with van der Waals surface area (Å²) in [6.45, 7) is 15.3. The minimum Gasteiger partial charge on any atom is -0.467 e. The number of esters is 1. The van der Waals surface area contributed by atoms with Crippen molar-refractivity contribution in [1.29, 1.82) is 0 Å². The molecular formula is C33H52N4O6. The summed E-state index contributed by atoms with van der Waals surface area (Å²) in [4.78, 5) is 56.4. The molecule has 3 amide bonds. The Kier molecular flexibility index (Phi) is 12.1. The van der Waals surface area contributed by atoms with Gasteiger partial charge in [0.1, 0.15) is 12.1 Å². The summed E-state index contributed by atoms with van der Waals surface area (Å²) in [6.07, 6.45) is 1.01. The SMILES string of the molecule is CN[C@H](C(=O)N[C@H](C(=O)N(C)[C@H](C=C(C)C(=O)N1C[C@H](O)C[C@H]1C(=O)OC)C(C)C)C(C)(C)C)C(C)(C)c1ccccc1. The highest BCUT2D eigenvalue weighted by atomic mass is 16.5. The molecule has 0 aliphatic carbocycles. The quantitative estimate of drug-likeness (QED) is 0.263. The highest BCUT2D eigenvalue weighted by molar-refractivity contribution is 5.96. The average Bonchev–Trinajstić information content (AvgIpc) is 3.34. The van der Waals surface area contributed by atoms with Gasteiger partial charge in [0.05, 0.1) is 25.3 Å². The van der Waals surface area contributed by atoms with Crippen LogP contribution in [0, 0.1) is 11.3 Å². The molecule has 240 valence electrons. The number of aliphatic hydroxyl groups is 1. The number of rotatable bonds is 11. The van der Waals surface area contributed by atoms with Crippen molar-refractivity contribution in [2.24, 2.45) is 11.3 Å². The Labute approximate surface area is 257 Å². The lowest BCUT2D eigenvalue weighted by molar-refractivity contribution is -0.149. The van der Waals surface area contributed by atoms with Crippen molar-refractivity contribution in [3.8, 4) is 0 Å². The van der Waals surface area contributed by atoms with Gasteiger partial charge in [-0.05, 0) is 30.9 Å². The van der Waals surface area contributed by atoms with Crippen molar-refractivity contribution in [2.75, 3.05) is 27.7 Å². The van der Waals surface area contributed by atoms with Crippen molar-refractivity contribution in [3.63, 3.8) is 0 Å². The van der Waals surface area contributed by atoms with Crippen molar-refractivity contribution in [1.82, 2.24) is 20.4 Å². The molecule has 0 radical (unpaired) electrons. The predicted octanol–water partition coefficient (Wildman–Crippen LogP) is 2.65. The van der Waals surface area contributed by atoms with Gasteiger partial charge in [0.25, 0.3) is 0 Å². The first-order valence-electron chi connectivity index (χ1n) is 14.9. The van der Waals surface area contributed by atoms with E-state index in [4.69, 9.17) is 4.74 Å². The Morgan fingerprint density at radius 1 is 1.07 bits per heavy atom. The van der Waals surface area contributed by atoms with Gasteiger partial charge in [0, 0.05) is 31.0 Å². The van der Waals surface area contributed by atoms with Crippen LogP contribution < -0.4 is 10.6 Å². The van der Waals surface area contributed by atoms with Crippen LogP contribution in [-0.4, -0.2) is 96.6 Å². The number of carbonyl (C=O) groups excluding carboxylic acids is 4. The molecule has 1 saturated heterocycles. The zero-order valence-electron chi connectivity index (χ0n) is 27.7. The Morgan fingerprint density at radius 3 is 2.14 bits per heavy atom. The van der Waals surface area contributed by atoms with E-state index in [9.17, 15) is 24.3 Å². The first-order chi connectivity index (χ1) is 19.9. The van der Waals surface area contributed by atoms with E-state index in [2.05, 4.69) is 10.6 Å². The minimum absolute atomic E-state index is 0.0228. The number of likely N-dealkylation sites (N-methyl/N-ethyl adjacent to an activating group) is 2. The van der Waals surface area contributed by atoms with Crippen molar-refractivity contribution < 1.29 is 29.0 Å². The average molecular weight is 601 g/mol. The fraction of sp³-hybridized carbons (Fsp3) is 0.636. The second-order valence-corrected chi connectivity index (χ2v) is 13.5. The van der Waals surface area contributed by atoms with Crippen LogP contribution in [0.4, 0.5) is 0 Å². The predicted molar refractivity (Wildman–Crippen MR) is 167 cm³/mol. The molecule has 43 heavy (non-hydrogen) atoms. The van der Waals surface area contributed by atoms with Crippen LogP contribution in [0.15, 0.2) is 42.0 Å². The lowest BCUT2D eigenvalue weighted by atomic mass is 9.76. The molecule has 0 bridgehead atoms. The zero-order valence-corrected chi connectivity index (χ0v) is 27.7. The second kappa shape index (κ2) is 14.5. The monoisotopic (exact) mass is 600 g/mol. The first kappa shape index (κ1) is 36.0. The fourth-order valence-corrected chi connectivity index (χ4v) is 5.78. The number of carbonyl (C=O) groups is 4. The number of likely N-dealkylation sites (tertiary alicyclic amines) is 1. The van der Waals surface area contributed by atoms with E-state index in [0.717, 1.165) is 5.56 Å². The molecule has 0 unspecified atom stereocenters. The number of hydrogen-bond donors (Lipinski definition) is 3. The van der Waals surface area contributed by atoms with Crippen LogP contribution in [0.2, 0.25) is 0 Å². The van der Waals surface area contributed by atoms with E-state index >= 15 is 0 Å². The summed E-state index contributed by atoms with van der Waals surface area (Å²) in [6, 6.07) is 6.95. The van der Waals surface area contributed by atoms with Crippen LogP contribution in [0.25, 0.3) is 0 Å². The van der Waals surface area contributed by atoms with Gasteiger partial charge in [0.2, 0.25) is 17.7 Å². The largest absolute Gasteiger partial charge is 0.467 e. The molecule has 5 atom stereocenters. The normalized spacial score (nSPS) is 19.9. The smallest absolute Gasteiger partial charge is 0.328 e. The third-order valence-corrected chi connectivity index (χ3v) is 8.44. The number of methoxy groups -OCH3 is 1. The van der Waals surface area contributed by atoms with Gasteiger partial charge in [-0.25, -0.2) is 4.79 Å². The number of benzene rings is 1. The summed E-state index contributed by atoms with van der Waals surface area (Å²) >= 11 is 0. The van der Waals surface area contributed by atoms with E-state index in [-0.39, 0.29) is 30.7 Å². The number of aliphatic hydroxyl groups excluding tert-OH is 1. The number of amides is 3. The minimum atomic E-state index is -0.867. The van der Waals surface area contributed by atoms with E-state index in [0.29, 0.717) is 5.57 Å². The molecule has 2 rings (SSSR count). The topological polar surface area (TPSA) is 128 Å². The van der Waals surface area contributed by atoms with Crippen LogP contribution in [-0.2, 0) is 29.3 Å². The summed E-state index contributed by atoms with van der Waals surface area (Å²) in [5, 5.41) is 16.3. The highest BCUT2D eigenvalue weighted by Gasteiger charge is 2.43. The van der Waals surface area contributed by atoms with Crippen LogP contribution in [0.1, 0.15) is 67.4 Å². The Balaban J connectivity index is 2.35. The standard InChI is InChI=1S/C33H52N4O6/c1-20(2)24(17-21(3)29(40)37-19-23(38)18-25(37)31(42)43-11)36(10)30(41)27(32(4,5)6)35-28(39)26(34-9)33(7,8)22-15-13-12-14-16-22/h12-17,20,23-27,34,38H,18-19H2,1-11H3,(H,35,39)/t23-,24-,25+,26-,27-/m1/s1. The number of β-amino-alcohol motifs (C(OH)–C–C–N with tert-alkyl or cyclic N) is 1. The molecule has 0 spiro atoms. The maximum atomic E-state index is 14.1. The van der Waals surface area contributed by atoms with Gasteiger partial charge < -0.3 is 30.3 Å². The van der Waals surface area contributed by atoms with Crippen LogP contribution in [0.3, 0.4) is 0 Å². The molecule has 1 heterocycles. The second-order valence-electron chi connectivity index (χ2n) is 13.5. The van der Waals surface area contributed by atoms with E-state index in [1.165, 1.54) is 12.0 Å². The third kappa shape index (κ3) is 8.44. The van der Waals surface area contributed by atoms with Gasteiger partial charge in [-0.1, -0.05) is 84.9 Å². The molecule has 1 aromatic rings. The maximum absolute atomic E-state index is 14.1. The van der Waals surface area contributed by atoms with Gasteiger partial charge >= 0.3 is 5.97 Å². The van der Waals surface area contributed by atoms with E-state index in [1.807, 2.05) is 78.8 Å². The number of hydrogen-bond acceptors (Lipinski definition) is 7. The molecule has 3 N–H and O–H groups in total. The molecule has 0 aromatic heterocycles. The maximum Gasteiger partial charge on any atom is 0.328 e. The van der Waals surface area contributed by atoms with Crippen LogP contribution >= 0.6 is 0 Å². The number of nitrogens with zero attached hydrogens (tertiary/aromatic N) is 2. The Bertz CT molecular complexity index is 1170. The summed E-state index contributed by atoms with van der Waals surface area (Å²) in [5.41, 5.74) is 0.151. The molecule has 0 saturated carbocycles. The van der Waals surface area contributed by atoms with E-state index in [1.54, 1.807) is 32.0 Å². The van der Waals surface area contributed by atoms with Gasteiger partial charge in [-0.2, -0.15) is 0 Å². The number of nitrogens with one attached hydrogen (secondary N) is 2. The van der Waals surface area contributed by atoms with Crippen molar-refractivity contribution >= 4 is 23.7 Å². The zero-order chi connectivity index (χ0) is 32.9. The third-order valence-electron chi connectivity index (χ3n) is 8.44. The molecule has 10 nitrogen and oxygen atoms in total. The van der Waals surface area contributed by atoms with Crippen molar-refractivity contribution in [3.05, 3.63) is 47.5 Å². The van der Waals surface area contributed by atoms with Gasteiger partial charge in [0.15, 0.2) is 0 Å². The Hall–Kier alpha value is -3.24.